The summed E-state index contributed by atoms with van der Waals surface area (Å²) in [6.07, 6.45) is 1.59. The normalized spacial score (nSPS) is 12.4. The largest absolute Gasteiger partial charge is 0.497 e. The van der Waals surface area contributed by atoms with Crippen LogP contribution in [0, 0.1) is 0 Å². The smallest absolute Gasteiger partial charge is 0.419 e. The Labute approximate surface area is 194 Å². The second kappa shape index (κ2) is 10.5. The first-order valence-electron chi connectivity index (χ1n) is 11.1. The molecule has 2 aromatic carbocycles. The van der Waals surface area contributed by atoms with Gasteiger partial charge in [-0.3, -0.25) is 9.36 Å². The van der Waals surface area contributed by atoms with E-state index in [1.807, 2.05) is 63.2 Å². The summed E-state index contributed by atoms with van der Waals surface area (Å²) in [4.78, 5) is 25.6. The van der Waals surface area contributed by atoms with E-state index in [1.165, 1.54) is 4.57 Å². The van der Waals surface area contributed by atoms with E-state index in [-0.39, 0.29) is 12.6 Å². The van der Waals surface area contributed by atoms with Crippen molar-refractivity contribution in [2.24, 2.45) is 0 Å². The molecular weight excluding hydrogens is 420 g/mol. The van der Waals surface area contributed by atoms with Crippen molar-refractivity contribution in [3.8, 4) is 5.75 Å². The molecule has 7 heteroatoms. The number of nitrogens with one attached hydrogen (secondary N) is 1. The molecule has 1 atom stereocenters. The highest BCUT2D eigenvalue weighted by molar-refractivity contribution is 5.93. The lowest BCUT2D eigenvalue weighted by Gasteiger charge is -2.19. The van der Waals surface area contributed by atoms with E-state index in [4.69, 9.17) is 14.2 Å². The Balaban J connectivity index is 1.95. The third kappa shape index (κ3) is 6.35. The molecule has 3 aromatic rings. The van der Waals surface area contributed by atoms with Gasteiger partial charge in [-0.25, -0.2) is 4.79 Å². The highest BCUT2D eigenvalue weighted by Gasteiger charge is 2.25. The minimum absolute atomic E-state index is 0.288. The van der Waals surface area contributed by atoms with Crippen LogP contribution in [0.4, 0.5) is 4.79 Å². The quantitative estimate of drug-likeness (QED) is 0.499. The molecular formula is C26H32N2O5. The van der Waals surface area contributed by atoms with E-state index in [9.17, 15) is 9.59 Å². The molecule has 0 aliphatic heterocycles. The van der Waals surface area contributed by atoms with E-state index in [0.29, 0.717) is 24.2 Å². The Hall–Kier alpha value is -3.32. The van der Waals surface area contributed by atoms with Crippen LogP contribution in [0.2, 0.25) is 0 Å². The summed E-state index contributed by atoms with van der Waals surface area (Å²) >= 11 is 0. The zero-order valence-electron chi connectivity index (χ0n) is 19.9. The second-order valence-corrected chi connectivity index (χ2v) is 8.76. The van der Waals surface area contributed by atoms with Gasteiger partial charge in [-0.05, 0) is 57.0 Å². The third-order valence-corrected chi connectivity index (χ3v) is 5.07. The van der Waals surface area contributed by atoms with E-state index in [0.717, 1.165) is 16.5 Å². The number of methoxy groups -OCH3 is 1. The SMILES string of the molecule is CCOC(=O)[C@@H](Cc1cn(C(=O)OC(C)(C)C)c2ccc(OC)cc12)NCc1ccccc1. The number of rotatable bonds is 8. The molecule has 1 heterocycles. The van der Waals surface area contributed by atoms with E-state index < -0.39 is 17.7 Å². The maximum atomic E-state index is 12.9. The number of hydrogen-bond acceptors (Lipinski definition) is 6. The number of carbonyl (C=O) groups is 2. The predicted octanol–water partition coefficient (Wildman–Crippen LogP) is 4.70. The van der Waals surface area contributed by atoms with Crippen LogP contribution in [0.5, 0.6) is 5.75 Å². The summed E-state index contributed by atoms with van der Waals surface area (Å²) in [5.41, 5.74) is 1.93. The first kappa shape index (κ1) is 24.3. The van der Waals surface area contributed by atoms with Gasteiger partial charge in [0.2, 0.25) is 0 Å². The molecule has 0 radical (unpaired) electrons. The molecule has 0 fully saturated rings. The first-order chi connectivity index (χ1) is 15.7. The Morgan fingerprint density at radius 1 is 1.09 bits per heavy atom. The molecule has 7 nitrogen and oxygen atoms in total. The number of benzene rings is 2. The zero-order valence-corrected chi connectivity index (χ0v) is 19.9. The molecule has 1 aromatic heterocycles. The number of carbonyl (C=O) groups excluding carboxylic acids is 2. The number of nitrogens with zero attached hydrogens (tertiary/aromatic N) is 1. The van der Waals surface area contributed by atoms with Crippen molar-refractivity contribution < 1.29 is 23.8 Å². The van der Waals surface area contributed by atoms with Crippen molar-refractivity contribution >= 4 is 23.0 Å². The maximum Gasteiger partial charge on any atom is 0.419 e. The van der Waals surface area contributed by atoms with Gasteiger partial charge in [0.05, 0.1) is 19.2 Å². The summed E-state index contributed by atoms with van der Waals surface area (Å²) in [5.74, 6) is 0.324. The molecule has 0 saturated carbocycles. The highest BCUT2D eigenvalue weighted by atomic mass is 16.6. The number of ether oxygens (including phenoxy) is 3. The Morgan fingerprint density at radius 3 is 2.45 bits per heavy atom. The minimum atomic E-state index is -0.634. The molecule has 176 valence electrons. The molecule has 0 saturated heterocycles. The van der Waals surface area contributed by atoms with Crippen molar-refractivity contribution in [2.75, 3.05) is 13.7 Å². The monoisotopic (exact) mass is 452 g/mol. The van der Waals surface area contributed by atoms with Gasteiger partial charge in [0.1, 0.15) is 17.4 Å². The lowest BCUT2D eigenvalue weighted by Crippen LogP contribution is -2.39. The van der Waals surface area contributed by atoms with Gasteiger partial charge in [0, 0.05) is 24.5 Å². The molecule has 1 N–H and O–H groups in total. The van der Waals surface area contributed by atoms with Crippen molar-refractivity contribution in [2.45, 2.75) is 52.3 Å². The van der Waals surface area contributed by atoms with Gasteiger partial charge in [-0.15, -0.1) is 0 Å². The molecule has 3 rings (SSSR count). The summed E-state index contributed by atoms with van der Waals surface area (Å²) in [6.45, 7) is 8.06. The molecule has 0 aliphatic carbocycles. The van der Waals surface area contributed by atoms with Crippen LogP contribution >= 0.6 is 0 Å². The third-order valence-electron chi connectivity index (χ3n) is 5.07. The van der Waals surface area contributed by atoms with E-state index in [2.05, 4.69) is 5.32 Å². The van der Waals surface area contributed by atoms with Crippen molar-refractivity contribution in [1.82, 2.24) is 9.88 Å². The van der Waals surface area contributed by atoms with Crippen LogP contribution < -0.4 is 10.1 Å². The average molecular weight is 453 g/mol. The van der Waals surface area contributed by atoms with Gasteiger partial charge in [0.25, 0.3) is 0 Å². The van der Waals surface area contributed by atoms with Crippen LogP contribution in [0.3, 0.4) is 0 Å². The summed E-state index contributed by atoms with van der Waals surface area (Å²) < 4.78 is 17.8. The van der Waals surface area contributed by atoms with E-state index in [1.54, 1.807) is 26.3 Å². The lowest BCUT2D eigenvalue weighted by atomic mass is 10.0. The number of esters is 1. The van der Waals surface area contributed by atoms with Gasteiger partial charge < -0.3 is 19.5 Å². The molecule has 0 unspecified atom stereocenters. The topological polar surface area (TPSA) is 78.8 Å². The van der Waals surface area contributed by atoms with E-state index >= 15 is 0 Å². The zero-order chi connectivity index (χ0) is 24.0. The number of fused-ring (bicyclic) bond motifs is 1. The Bertz CT molecular complexity index is 1100. The number of aromatic nitrogens is 1. The van der Waals surface area contributed by atoms with Gasteiger partial charge in [-0.2, -0.15) is 0 Å². The van der Waals surface area contributed by atoms with Gasteiger partial charge in [0.15, 0.2) is 0 Å². The van der Waals surface area contributed by atoms with Crippen LogP contribution in [0.1, 0.15) is 38.8 Å². The van der Waals surface area contributed by atoms with Gasteiger partial charge in [-0.1, -0.05) is 30.3 Å². The van der Waals surface area contributed by atoms with Crippen LogP contribution in [-0.2, 0) is 27.2 Å². The first-order valence-corrected chi connectivity index (χ1v) is 11.1. The summed E-state index contributed by atoms with van der Waals surface area (Å²) in [5, 5.41) is 4.12. The predicted molar refractivity (Wildman–Crippen MR) is 128 cm³/mol. The fraction of sp³-hybridized carbons (Fsp3) is 0.385. The van der Waals surface area contributed by atoms with Crippen molar-refractivity contribution in [3.63, 3.8) is 0 Å². The fourth-order valence-corrected chi connectivity index (χ4v) is 3.57. The fourth-order valence-electron chi connectivity index (χ4n) is 3.57. The van der Waals surface area contributed by atoms with Crippen molar-refractivity contribution in [1.29, 1.82) is 0 Å². The Kier molecular flexibility index (Phi) is 7.76. The Morgan fingerprint density at radius 2 is 1.82 bits per heavy atom. The average Bonchev–Trinajstić information content (AvgIpc) is 3.14. The number of hydrogen-bond donors (Lipinski definition) is 1. The molecule has 0 spiro atoms. The summed E-state index contributed by atoms with van der Waals surface area (Å²) in [7, 11) is 1.59. The maximum absolute atomic E-state index is 12.9. The molecule has 0 bridgehead atoms. The molecule has 0 amide bonds. The highest BCUT2D eigenvalue weighted by Crippen LogP contribution is 2.28. The molecule has 0 aliphatic rings. The minimum Gasteiger partial charge on any atom is -0.497 e. The molecule has 33 heavy (non-hydrogen) atoms. The lowest BCUT2D eigenvalue weighted by molar-refractivity contribution is -0.145. The van der Waals surface area contributed by atoms with Crippen LogP contribution in [0.25, 0.3) is 10.9 Å². The van der Waals surface area contributed by atoms with Crippen LogP contribution in [0.15, 0.2) is 54.7 Å². The van der Waals surface area contributed by atoms with Crippen LogP contribution in [-0.4, -0.2) is 42.0 Å². The summed E-state index contributed by atoms with van der Waals surface area (Å²) in [6, 6.07) is 14.7. The standard InChI is InChI=1S/C26H32N2O5/c1-6-32-24(29)22(27-16-18-10-8-7-9-11-18)14-19-17-28(25(30)33-26(2,3)4)23-13-12-20(31-5)15-21(19)23/h7-13,15,17,22,27H,6,14,16H2,1-5H3/t22-/m1/s1. The van der Waals surface area contributed by atoms with Gasteiger partial charge >= 0.3 is 12.1 Å². The van der Waals surface area contributed by atoms with Crippen molar-refractivity contribution in [3.05, 3.63) is 65.9 Å². The second-order valence-electron chi connectivity index (χ2n) is 8.76.